The number of hydrogen-bond acceptors (Lipinski definition) is 1. The number of alkyl halides is 3. The van der Waals surface area contributed by atoms with Crippen LogP contribution in [0.1, 0.15) is 51.4 Å². The van der Waals surface area contributed by atoms with E-state index in [4.69, 9.17) is 11.6 Å². The monoisotopic (exact) mass is 226 g/mol. The van der Waals surface area contributed by atoms with Crippen molar-refractivity contribution in [3.8, 4) is 0 Å². The van der Waals surface area contributed by atoms with Crippen LogP contribution in [-0.2, 0) is 0 Å². The van der Waals surface area contributed by atoms with Crippen LogP contribution in [0.3, 0.4) is 0 Å². The molecule has 1 rings (SSSR count). The Kier molecular flexibility index (Phi) is 4.14. The number of halogens is 3. The van der Waals surface area contributed by atoms with E-state index in [9.17, 15) is 13.9 Å². The molecule has 0 aromatic carbocycles. The summed E-state index contributed by atoms with van der Waals surface area (Å²) in [7, 11) is 0. The number of hydrogen-bond donors (Lipinski definition) is 1. The van der Waals surface area contributed by atoms with Crippen molar-refractivity contribution in [1.29, 1.82) is 0 Å². The second kappa shape index (κ2) is 4.75. The first-order valence-electron chi connectivity index (χ1n) is 5.20. The van der Waals surface area contributed by atoms with E-state index in [1.54, 1.807) is 0 Å². The Morgan fingerprint density at radius 2 is 1.79 bits per heavy atom. The van der Waals surface area contributed by atoms with Crippen LogP contribution in [0.5, 0.6) is 0 Å². The fraction of sp³-hybridized carbons (Fsp3) is 1.00. The third-order valence-corrected chi connectivity index (χ3v) is 3.08. The minimum atomic E-state index is -3.11. The van der Waals surface area contributed by atoms with E-state index in [2.05, 4.69) is 0 Å². The molecule has 0 bridgehead atoms. The molecule has 4 heteroatoms. The van der Waals surface area contributed by atoms with Gasteiger partial charge in [0.2, 0.25) is 0 Å². The summed E-state index contributed by atoms with van der Waals surface area (Å²) in [6, 6.07) is 0. The summed E-state index contributed by atoms with van der Waals surface area (Å²) >= 11 is 4.78. The zero-order valence-corrected chi connectivity index (χ0v) is 8.99. The van der Waals surface area contributed by atoms with Gasteiger partial charge in [0.05, 0.1) is 5.60 Å². The minimum absolute atomic E-state index is 0.299. The maximum Gasteiger partial charge on any atom is 0.321 e. The van der Waals surface area contributed by atoms with E-state index >= 15 is 0 Å². The van der Waals surface area contributed by atoms with Gasteiger partial charge in [0.25, 0.3) is 0 Å². The van der Waals surface area contributed by atoms with Crippen molar-refractivity contribution in [3.05, 3.63) is 0 Å². The Morgan fingerprint density at radius 3 is 2.29 bits per heavy atom. The van der Waals surface area contributed by atoms with Gasteiger partial charge in [-0.3, -0.25) is 0 Å². The second-order valence-electron chi connectivity index (χ2n) is 4.25. The average molecular weight is 227 g/mol. The van der Waals surface area contributed by atoms with E-state index < -0.39 is 11.0 Å². The summed E-state index contributed by atoms with van der Waals surface area (Å²) in [5.41, 5.74) is -0.694. The van der Waals surface area contributed by atoms with Gasteiger partial charge in [-0.1, -0.05) is 19.3 Å². The maximum absolute atomic E-state index is 12.3. The molecule has 0 radical (unpaired) electrons. The van der Waals surface area contributed by atoms with E-state index in [0.29, 0.717) is 12.8 Å². The van der Waals surface area contributed by atoms with Gasteiger partial charge < -0.3 is 5.11 Å². The Balaban J connectivity index is 2.22. The predicted octanol–water partition coefficient (Wildman–Crippen LogP) is 3.68. The van der Waals surface area contributed by atoms with Crippen LogP contribution in [0.4, 0.5) is 8.78 Å². The highest BCUT2D eigenvalue weighted by Gasteiger charge is 2.31. The second-order valence-corrected chi connectivity index (χ2v) is 4.81. The van der Waals surface area contributed by atoms with E-state index in [1.165, 1.54) is 0 Å². The summed E-state index contributed by atoms with van der Waals surface area (Å²) in [5, 5.41) is 6.87. The van der Waals surface area contributed by atoms with Gasteiger partial charge in [-0.15, -0.1) is 0 Å². The van der Waals surface area contributed by atoms with E-state index in [-0.39, 0.29) is 6.42 Å². The lowest BCUT2D eigenvalue weighted by Gasteiger charge is -2.32. The van der Waals surface area contributed by atoms with Gasteiger partial charge in [-0.2, -0.15) is 8.78 Å². The topological polar surface area (TPSA) is 20.2 Å². The molecule has 14 heavy (non-hydrogen) atoms. The van der Waals surface area contributed by atoms with Crippen molar-refractivity contribution in [2.45, 2.75) is 62.3 Å². The molecule has 1 N–H and O–H groups in total. The molecule has 1 aliphatic carbocycles. The first-order chi connectivity index (χ1) is 6.41. The molecule has 0 heterocycles. The largest absolute Gasteiger partial charge is 0.390 e. The van der Waals surface area contributed by atoms with Crippen LogP contribution in [0.15, 0.2) is 0 Å². The van der Waals surface area contributed by atoms with Gasteiger partial charge in [0.15, 0.2) is 0 Å². The molecule has 1 nitrogen and oxygen atoms in total. The average Bonchev–Trinajstić information content (AvgIpc) is 2.02. The first kappa shape index (κ1) is 12.2. The van der Waals surface area contributed by atoms with Crippen molar-refractivity contribution < 1.29 is 13.9 Å². The fourth-order valence-corrected chi connectivity index (χ4v) is 2.21. The third kappa shape index (κ3) is 4.56. The molecule has 0 saturated heterocycles. The third-order valence-electron chi connectivity index (χ3n) is 2.89. The molecule has 1 fully saturated rings. The minimum Gasteiger partial charge on any atom is -0.390 e. The SMILES string of the molecule is OC1(CCCC(F)(F)Cl)CCCCC1. The highest BCUT2D eigenvalue weighted by molar-refractivity contribution is 6.21. The molecule has 0 unspecified atom stereocenters. The molecule has 84 valence electrons. The van der Waals surface area contributed by atoms with Crippen LogP contribution in [0.2, 0.25) is 0 Å². The van der Waals surface area contributed by atoms with Gasteiger partial charge >= 0.3 is 5.38 Å². The first-order valence-corrected chi connectivity index (χ1v) is 5.58. The lowest BCUT2D eigenvalue weighted by Crippen LogP contribution is -2.31. The molecule has 0 aromatic rings. The number of rotatable bonds is 4. The van der Waals surface area contributed by atoms with Gasteiger partial charge in [0, 0.05) is 6.42 Å². The normalized spacial score (nSPS) is 22.3. The van der Waals surface area contributed by atoms with E-state index in [0.717, 1.165) is 32.1 Å². The molecule has 0 amide bonds. The van der Waals surface area contributed by atoms with Crippen LogP contribution >= 0.6 is 11.6 Å². The van der Waals surface area contributed by atoms with E-state index in [1.807, 2.05) is 0 Å². The molecule has 0 aliphatic heterocycles. The Labute approximate surface area is 88.4 Å². The molecule has 0 spiro atoms. The van der Waals surface area contributed by atoms with Crippen LogP contribution in [0.25, 0.3) is 0 Å². The maximum atomic E-state index is 12.3. The number of aliphatic hydroxyl groups is 1. The summed E-state index contributed by atoms with van der Waals surface area (Å²) in [4.78, 5) is 0. The zero-order chi connectivity index (χ0) is 10.7. The molecule has 1 aliphatic rings. The van der Waals surface area contributed by atoms with Crippen LogP contribution in [-0.4, -0.2) is 16.1 Å². The highest BCUT2D eigenvalue weighted by Crippen LogP contribution is 2.34. The standard InChI is InChI=1S/C10H17ClF2O/c11-10(12,13)8-4-7-9(14)5-2-1-3-6-9/h14H,1-8H2. The lowest BCUT2D eigenvalue weighted by molar-refractivity contribution is -0.0119. The molecular formula is C10H17ClF2O. The van der Waals surface area contributed by atoms with Crippen LogP contribution in [0, 0.1) is 0 Å². The van der Waals surface area contributed by atoms with Crippen LogP contribution < -0.4 is 0 Å². The summed E-state index contributed by atoms with van der Waals surface area (Å²) in [5.74, 6) is 0. The van der Waals surface area contributed by atoms with Crippen molar-refractivity contribution in [2.75, 3.05) is 0 Å². The highest BCUT2D eigenvalue weighted by atomic mass is 35.5. The summed E-state index contributed by atoms with van der Waals surface area (Å²) in [6.45, 7) is 0. The van der Waals surface area contributed by atoms with Gasteiger partial charge in [-0.25, -0.2) is 0 Å². The lowest BCUT2D eigenvalue weighted by atomic mass is 9.81. The van der Waals surface area contributed by atoms with Crippen molar-refractivity contribution >= 4 is 11.6 Å². The molecule has 1 saturated carbocycles. The predicted molar refractivity (Wildman–Crippen MR) is 52.7 cm³/mol. The quantitative estimate of drug-likeness (QED) is 0.725. The molecule has 0 atom stereocenters. The van der Waals surface area contributed by atoms with Gasteiger partial charge in [-0.05, 0) is 37.3 Å². The fourth-order valence-electron chi connectivity index (χ4n) is 2.08. The van der Waals surface area contributed by atoms with Crippen molar-refractivity contribution in [1.82, 2.24) is 0 Å². The Hall–Kier alpha value is 0.110. The Morgan fingerprint density at radius 1 is 1.21 bits per heavy atom. The smallest absolute Gasteiger partial charge is 0.321 e. The van der Waals surface area contributed by atoms with Gasteiger partial charge in [0.1, 0.15) is 0 Å². The Bertz CT molecular complexity index is 173. The zero-order valence-electron chi connectivity index (χ0n) is 8.24. The molecular weight excluding hydrogens is 210 g/mol. The van der Waals surface area contributed by atoms with Crippen molar-refractivity contribution in [2.24, 2.45) is 0 Å². The summed E-state index contributed by atoms with van der Waals surface area (Å²) < 4.78 is 24.6. The van der Waals surface area contributed by atoms with Crippen molar-refractivity contribution in [3.63, 3.8) is 0 Å². The molecule has 0 aromatic heterocycles. The summed E-state index contributed by atoms with van der Waals surface area (Å²) in [6.07, 6.45) is 5.08.